The number of carboxylic acid groups (broad SMARTS) is 1. The molecule has 5 nitrogen and oxygen atoms in total. The zero-order valence-electron chi connectivity index (χ0n) is 10.5. The molecule has 2 rings (SSSR count). The van der Waals surface area contributed by atoms with Gasteiger partial charge in [0.2, 0.25) is 0 Å². The molecule has 0 spiro atoms. The minimum Gasteiger partial charge on any atom is -0.475 e. The van der Waals surface area contributed by atoms with Crippen LogP contribution in [0.15, 0.2) is 0 Å². The number of hydrogen-bond acceptors (Lipinski definition) is 4. The molecule has 20 heavy (non-hydrogen) atoms. The molecule has 1 unspecified atom stereocenters. The van der Waals surface area contributed by atoms with Gasteiger partial charge < -0.3 is 10.8 Å². The number of amides is 1. The van der Waals surface area contributed by atoms with E-state index in [9.17, 15) is 18.0 Å². The second-order valence-corrected chi connectivity index (χ2v) is 5.49. The van der Waals surface area contributed by atoms with Gasteiger partial charge in [-0.3, -0.25) is 4.79 Å². The lowest BCUT2D eigenvalue weighted by molar-refractivity contribution is -0.192. The lowest BCUT2D eigenvalue weighted by Crippen LogP contribution is -2.21. The highest BCUT2D eigenvalue weighted by molar-refractivity contribution is 7.13. The van der Waals surface area contributed by atoms with Crippen LogP contribution in [0.1, 0.15) is 33.7 Å². The van der Waals surface area contributed by atoms with E-state index in [0.717, 1.165) is 18.5 Å². The lowest BCUT2D eigenvalue weighted by atomic mass is 9.93. The SMILES string of the molecule is CC1CCc2sc(C(N)=O)nc2C1.O=C(O)C(F)(F)F. The van der Waals surface area contributed by atoms with Crippen molar-refractivity contribution < 1.29 is 27.9 Å². The molecule has 1 aromatic rings. The predicted octanol–water partition coefficient (Wildman–Crippen LogP) is 2.00. The molecule has 1 heterocycles. The van der Waals surface area contributed by atoms with E-state index in [-0.39, 0.29) is 0 Å². The Morgan fingerprint density at radius 2 is 2.00 bits per heavy atom. The molecule has 0 saturated heterocycles. The molecule has 0 aromatic carbocycles. The van der Waals surface area contributed by atoms with E-state index in [0.29, 0.717) is 10.9 Å². The van der Waals surface area contributed by atoms with Crippen LogP contribution in [0.4, 0.5) is 13.2 Å². The highest BCUT2D eigenvalue weighted by Crippen LogP contribution is 2.29. The Balaban J connectivity index is 0.000000246. The lowest BCUT2D eigenvalue weighted by Gasteiger charge is -2.15. The number of thiazole rings is 1. The minimum atomic E-state index is -5.08. The molecule has 112 valence electrons. The van der Waals surface area contributed by atoms with Crippen molar-refractivity contribution in [3.63, 3.8) is 0 Å². The molecule has 9 heteroatoms. The van der Waals surface area contributed by atoms with Crippen molar-refractivity contribution in [3.05, 3.63) is 15.6 Å². The largest absolute Gasteiger partial charge is 0.490 e. The average Bonchev–Trinajstić information content (AvgIpc) is 2.71. The molecular formula is C11H13F3N2O3S. The van der Waals surface area contributed by atoms with Gasteiger partial charge in [-0.1, -0.05) is 6.92 Å². The van der Waals surface area contributed by atoms with E-state index in [2.05, 4.69) is 11.9 Å². The number of carbonyl (C=O) groups is 2. The first-order chi connectivity index (χ1) is 9.11. The molecule has 1 atom stereocenters. The second kappa shape index (κ2) is 6.21. The highest BCUT2D eigenvalue weighted by atomic mass is 32.1. The standard InChI is InChI=1S/C9H12N2OS.C2HF3O2/c1-5-2-3-7-6(4-5)11-9(13-7)8(10)12;3-2(4,5)1(6)7/h5H,2-4H2,1H3,(H2,10,12);(H,6,7). The third kappa shape index (κ3) is 4.48. The summed E-state index contributed by atoms with van der Waals surface area (Å²) in [4.78, 5) is 25.3. The summed E-state index contributed by atoms with van der Waals surface area (Å²) in [5.74, 6) is -2.46. The summed E-state index contributed by atoms with van der Waals surface area (Å²) in [5.41, 5.74) is 6.26. The van der Waals surface area contributed by atoms with Gasteiger partial charge in [0.25, 0.3) is 5.91 Å². The van der Waals surface area contributed by atoms with Crippen LogP contribution in [0, 0.1) is 5.92 Å². The van der Waals surface area contributed by atoms with Crippen molar-refractivity contribution in [2.24, 2.45) is 11.7 Å². The number of aliphatic carboxylic acids is 1. The normalized spacial score (nSPS) is 17.7. The van der Waals surface area contributed by atoms with Crippen LogP contribution in [0.3, 0.4) is 0 Å². The molecule has 1 aromatic heterocycles. The van der Waals surface area contributed by atoms with Gasteiger partial charge in [0.05, 0.1) is 5.69 Å². The molecule has 1 aliphatic carbocycles. The van der Waals surface area contributed by atoms with E-state index in [4.69, 9.17) is 15.6 Å². The highest BCUT2D eigenvalue weighted by Gasteiger charge is 2.38. The van der Waals surface area contributed by atoms with Crippen molar-refractivity contribution in [1.82, 2.24) is 4.98 Å². The molecule has 1 aliphatic rings. The van der Waals surface area contributed by atoms with Crippen LogP contribution in [0.2, 0.25) is 0 Å². The third-order valence-corrected chi connectivity index (χ3v) is 3.81. The van der Waals surface area contributed by atoms with Gasteiger partial charge in [0.1, 0.15) is 0 Å². The van der Waals surface area contributed by atoms with Gasteiger partial charge in [0.15, 0.2) is 5.01 Å². The van der Waals surface area contributed by atoms with Gasteiger partial charge in [0, 0.05) is 4.88 Å². The molecule has 0 fully saturated rings. The number of nitrogens with zero attached hydrogens (tertiary/aromatic N) is 1. The van der Waals surface area contributed by atoms with E-state index in [1.165, 1.54) is 22.6 Å². The fourth-order valence-electron chi connectivity index (χ4n) is 1.65. The Kier molecular flexibility index (Phi) is 5.09. The number of hydrogen-bond donors (Lipinski definition) is 2. The average molecular weight is 310 g/mol. The van der Waals surface area contributed by atoms with Crippen LogP contribution < -0.4 is 5.73 Å². The maximum atomic E-state index is 10.9. The fourth-order valence-corrected chi connectivity index (χ4v) is 2.61. The van der Waals surface area contributed by atoms with Crippen LogP contribution in [0.5, 0.6) is 0 Å². The molecule has 0 bridgehead atoms. The number of rotatable bonds is 1. The van der Waals surface area contributed by atoms with Crippen LogP contribution in [0.25, 0.3) is 0 Å². The Morgan fingerprint density at radius 3 is 2.45 bits per heavy atom. The van der Waals surface area contributed by atoms with Crippen molar-refractivity contribution in [2.45, 2.75) is 32.4 Å². The van der Waals surface area contributed by atoms with Crippen molar-refractivity contribution in [3.8, 4) is 0 Å². The summed E-state index contributed by atoms with van der Waals surface area (Å²) < 4.78 is 31.7. The van der Waals surface area contributed by atoms with Crippen LogP contribution in [-0.2, 0) is 17.6 Å². The Morgan fingerprint density at radius 1 is 1.45 bits per heavy atom. The first-order valence-corrected chi connectivity index (χ1v) is 6.51. The maximum absolute atomic E-state index is 10.9. The number of fused-ring (bicyclic) bond motifs is 1. The number of alkyl halides is 3. The van der Waals surface area contributed by atoms with Gasteiger partial charge >= 0.3 is 12.1 Å². The van der Waals surface area contributed by atoms with E-state index >= 15 is 0 Å². The number of carboxylic acids is 1. The number of carbonyl (C=O) groups excluding carboxylic acids is 1. The van der Waals surface area contributed by atoms with Crippen LogP contribution >= 0.6 is 11.3 Å². The molecular weight excluding hydrogens is 297 g/mol. The minimum absolute atomic E-state index is 0.396. The fraction of sp³-hybridized carbons (Fsp3) is 0.545. The van der Waals surface area contributed by atoms with Crippen LogP contribution in [-0.4, -0.2) is 28.1 Å². The molecule has 0 saturated carbocycles. The maximum Gasteiger partial charge on any atom is 0.490 e. The third-order valence-electron chi connectivity index (χ3n) is 2.64. The van der Waals surface area contributed by atoms with Crippen molar-refractivity contribution in [2.75, 3.05) is 0 Å². The van der Waals surface area contributed by atoms with Gasteiger partial charge in [-0.05, 0) is 25.2 Å². The molecule has 0 radical (unpaired) electrons. The summed E-state index contributed by atoms with van der Waals surface area (Å²) in [6, 6.07) is 0. The quantitative estimate of drug-likeness (QED) is 0.829. The van der Waals surface area contributed by atoms with E-state index < -0.39 is 18.1 Å². The number of aryl methyl sites for hydroxylation is 1. The van der Waals surface area contributed by atoms with Crippen molar-refractivity contribution >= 4 is 23.2 Å². The Labute approximate surface area is 116 Å². The summed E-state index contributed by atoms with van der Waals surface area (Å²) in [6.07, 6.45) is -1.83. The summed E-state index contributed by atoms with van der Waals surface area (Å²) in [6.45, 7) is 2.21. The first-order valence-electron chi connectivity index (χ1n) is 5.69. The first kappa shape index (κ1) is 16.4. The zero-order chi connectivity index (χ0) is 15.5. The van der Waals surface area contributed by atoms with Gasteiger partial charge in [-0.25, -0.2) is 9.78 Å². The zero-order valence-corrected chi connectivity index (χ0v) is 11.3. The summed E-state index contributed by atoms with van der Waals surface area (Å²) >= 11 is 1.46. The topological polar surface area (TPSA) is 93.3 Å². The molecule has 3 N–H and O–H groups in total. The van der Waals surface area contributed by atoms with E-state index in [1.807, 2.05) is 0 Å². The number of primary amides is 1. The van der Waals surface area contributed by atoms with Gasteiger partial charge in [-0.2, -0.15) is 13.2 Å². The number of nitrogens with two attached hydrogens (primary N) is 1. The summed E-state index contributed by atoms with van der Waals surface area (Å²) in [5, 5.41) is 7.60. The van der Waals surface area contributed by atoms with E-state index in [1.54, 1.807) is 0 Å². The van der Waals surface area contributed by atoms with Crippen molar-refractivity contribution in [1.29, 1.82) is 0 Å². The summed E-state index contributed by atoms with van der Waals surface area (Å²) in [7, 11) is 0. The van der Waals surface area contributed by atoms with Gasteiger partial charge in [-0.15, -0.1) is 11.3 Å². The monoisotopic (exact) mass is 310 g/mol. The molecule has 0 aliphatic heterocycles. The molecule has 1 amide bonds. The number of halogens is 3. The number of aromatic nitrogens is 1. The second-order valence-electron chi connectivity index (χ2n) is 4.40. The smallest absolute Gasteiger partial charge is 0.475 e. The Hall–Kier alpha value is -1.64. The predicted molar refractivity (Wildman–Crippen MR) is 65.5 cm³/mol. The Bertz CT molecular complexity index is 514.